The molecule has 1 atom stereocenters. The highest BCUT2D eigenvalue weighted by molar-refractivity contribution is 7.92. The summed E-state index contributed by atoms with van der Waals surface area (Å²) >= 11 is 1.28. The molecule has 7 heteroatoms. The zero-order valence-electron chi connectivity index (χ0n) is 24.7. The van der Waals surface area contributed by atoms with Crippen LogP contribution in [-0.4, -0.2) is 37.6 Å². The molecular weight excluding hydrogens is 521 g/mol. The smallest absolute Gasteiger partial charge is 0.254 e. The summed E-state index contributed by atoms with van der Waals surface area (Å²) in [5.74, 6) is 1.33. The summed E-state index contributed by atoms with van der Waals surface area (Å²) in [5.41, 5.74) is 7.89. The molecular formula is C33H50FN3O2S. The van der Waals surface area contributed by atoms with Gasteiger partial charge < -0.3 is 14.8 Å². The van der Waals surface area contributed by atoms with Crippen LogP contribution in [0.3, 0.4) is 0 Å². The fourth-order valence-corrected chi connectivity index (χ4v) is 4.58. The summed E-state index contributed by atoms with van der Waals surface area (Å²) in [7, 11) is 1.84. The molecule has 3 N–H and O–H groups in total. The number of nitrogens with two attached hydrogens (primary N) is 1. The molecule has 0 aromatic heterocycles. The third kappa shape index (κ3) is 13.4. The van der Waals surface area contributed by atoms with Gasteiger partial charge in [-0.3, -0.25) is 4.79 Å². The van der Waals surface area contributed by atoms with Crippen molar-refractivity contribution in [1.29, 1.82) is 0 Å². The topological polar surface area (TPSA) is 67.6 Å². The first-order valence-electron chi connectivity index (χ1n) is 14.9. The zero-order valence-corrected chi connectivity index (χ0v) is 25.6. The normalized spacial score (nSPS) is 14.7. The molecule has 0 spiro atoms. The average molecular weight is 572 g/mol. The third-order valence-corrected chi connectivity index (χ3v) is 7.70. The van der Waals surface area contributed by atoms with Gasteiger partial charge in [-0.15, -0.1) is 0 Å². The van der Waals surface area contributed by atoms with Gasteiger partial charge in [0.05, 0.1) is 18.8 Å². The Morgan fingerprint density at radius 3 is 2.33 bits per heavy atom. The first kappa shape index (κ1) is 34.0. The molecule has 5 nitrogen and oxygen atoms in total. The van der Waals surface area contributed by atoms with E-state index in [2.05, 4.69) is 25.1 Å². The fraction of sp³-hybridized carbons (Fsp3) is 0.545. The second kappa shape index (κ2) is 19.8. The highest BCUT2D eigenvalue weighted by Gasteiger charge is 2.32. The van der Waals surface area contributed by atoms with Crippen LogP contribution in [0.2, 0.25) is 0 Å². The number of halogens is 1. The SMILES string of the molecule is C=Cc1ccccc1C(=O)N(C)CCCCCOSNC(c1ccc(F)cc1)C1CC1.CCCC.NCC1CC1. The summed E-state index contributed by atoms with van der Waals surface area (Å²) in [5, 5.41) is 0. The lowest BCUT2D eigenvalue weighted by atomic mass is 10.0. The number of carbonyl (C=O) groups is 1. The minimum absolute atomic E-state index is 0.0263. The number of hydrogen-bond donors (Lipinski definition) is 2. The molecule has 0 heterocycles. The van der Waals surface area contributed by atoms with E-state index in [0.717, 1.165) is 42.9 Å². The van der Waals surface area contributed by atoms with Crippen molar-refractivity contribution in [2.45, 2.75) is 77.7 Å². The van der Waals surface area contributed by atoms with Crippen molar-refractivity contribution in [3.8, 4) is 0 Å². The lowest BCUT2D eigenvalue weighted by molar-refractivity contribution is 0.0792. The van der Waals surface area contributed by atoms with Crippen LogP contribution in [-0.2, 0) is 4.18 Å². The zero-order chi connectivity index (χ0) is 29.2. The lowest BCUT2D eigenvalue weighted by Gasteiger charge is -2.18. The monoisotopic (exact) mass is 571 g/mol. The van der Waals surface area contributed by atoms with Crippen molar-refractivity contribution in [3.63, 3.8) is 0 Å². The van der Waals surface area contributed by atoms with E-state index >= 15 is 0 Å². The van der Waals surface area contributed by atoms with E-state index in [1.165, 1.54) is 62.9 Å². The molecule has 1 amide bonds. The molecule has 0 bridgehead atoms. The van der Waals surface area contributed by atoms with Crippen LogP contribution in [0.5, 0.6) is 0 Å². The Hall–Kier alpha value is -2.19. The van der Waals surface area contributed by atoms with Gasteiger partial charge in [0, 0.05) is 25.2 Å². The van der Waals surface area contributed by atoms with E-state index < -0.39 is 0 Å². The average Bonchev–Trinajstić information content (AvgIpc) is 3.91. The Morgan fingerprint density at radius 1 is 1.10 bits per heavy atom. The maximum atomic E-state index is 13.2. The first-order valence-corrected chi connectivity index (χ1v) is 15.7. The van der Waals surface area contributed by atoms with Crippen LogP contribution in [0.4, 0.5) is 4.39 Å². The van der Waals surface area contributed by atoms with Gasteiger partial charge in [0.1, 0.15) is 5.82 Å². The second-order valence-electron chi connectivity index (χ2n) is 10.6. The Balaban J connectivity index is 0.000000532. The molecule has 2 aromatic rings. The summed E-state index contributed by atoms with van der Waals surface area (Å²) in [6, 6.07) is 14.4. The van der Waals surface area contributed by atoms with E-state index in [9.17, 15) is 9.18 Å². The number of amides is 1. The van der Waals surface area contributed by atoms with E-state index in [1.807, 2.05) is 43.4 Å². The number of nitrogens with one attached hydrogen (secondary N) is 1. The van der Waals surface area contributed by atoms with E-state index in [4.69, 9.17) is 9.92 Å². The molecule has 4 rings (SSSR count). The first-order chi connectivity index (χ1) is 19.4. The molecule has 2 fully saturated rings. The predicted molar refractivity (Wildman–Crippen MR) is 168 cm³/mol. The molecule has 2 aliphatic carbocycles. The minimum Gasteiger partial charge on any atom is -0.342 e. The maximum Gasteiger partial charge on any atom is 0.254 e. The summed E-state index contributed by atoms with van der Waals surface area (Å²) in [6.07, 6.45) is 12.4. The van der Waals surface area contributed by atoms with Crippen molar-refractivity contribution in [3.05, 3.63) is 77.6 Å². The van der Waals surface area contributed by atoms with Gasteiger partial charge in [0.2, 0.25) is 0 Å². The highest BCUT2D eigenvalue weighted by atomic mass is 32.2. The van der Waals surface area contributed by atoms with E-state index in [-0.39, 0.29) is 17.8 Å². The van der Waals surface area contributed by atoms with Gasteiger partial charge in [0.15, 0.2) is 0 Å². The van der Waals surface area contributed by atoms with Crippen LogP contribution in [0.1, 0.15) is 99.2 Å². The molecule has 222 valence electrons. The van der Waals surface area contributed by atoms with Gasteiger partial charge in [-0.2, -0.15) is 0 Å². The number of hydrogen-bond acceptors (Lipinski definition) is 5. The summed E-state index contributed by atoms with van der Waals surface area (Å²) < 4.78 is 22.2. The number of unbranched alkanes of at least 4 members (excludes halogenated alkanes) is 3. The largest absolute Gasteiger partial charge is 0.342 e. The van der Waals surface area contributed by atoms with Gasteiger partial charge in [-0.25, -0.2) is 9.11 Å². The quantitative estimate of drug-likeness (QED) is 0.128. The number of rotatable bonds is 15. The van der Waals surface area contributed by atoms with Crippen molar-refractivity contribution in [2.75, 3.05) is 26.7 Å². The van der Waals surface area contributed by atoms with Crippen LogP contribution >= 0.6 is 12.2 Å². The molecule has 0 aliphatic heterocycles. The Bertz CT molecular complexity index is 978. The van der Waals surface area contributed by atoms with Crippen molar-refractivity contribution in [1.82, 2.24) is 9.62 Å². The molecule has 40 heavy (non-hydrogen) atoms. The minimum atomic E-state index is -0.209. The predicted octanol–water partition coefficient (Wildman–Crippen LogP) is 8.19. The highest BCUT2D eigenvalue weighted by Crippen LogP contribution is 2.42. The van der Waals surface area contributed by atoms with Gasteiger partial charge in [-0.05, 0) is 92.7 Å². The Labute approximate surface area is 246 Å². The number of benzene rings is 2. The van der Waals surface area contributed by atoms with Gasteiger partial charge in [0.25, 0.3) is 5.91 Å². The Morgan fingerprint density at radius 2 is 1.77 bits per heavy atom. The van der Waals surface area contributed by atoms with E-state index in [0.29, 0.717) is 24.6 Å². The van der Waals surface area contributed by atoms with Gasteiger partial charge >= 0.3 is 0 Å². The van der Waals surface area contributed by atoms with Crippen LogP contribution in [0, 0.1) is 17.7 Å². The van der Waals surface area contributed by atoms with Gasteiger partial charge in [-0.1, -0.05) is 69.7 Å². The third-order valence-electron chi connectivity index (χ3n) is 7.07. The second-order valence-corrected chi connectivity index (χ2v) is 11.3. The van der Waals surface area contributed by atoms with Crippen LogP contribution in [0.25, 0.3) is 6.08 Å². The molecule has 0 saturated heterocycles. The molecule has 2 saturated carbocycles. The van der Waals surface area contributed by atoms with Crippen molar-refractivity contribution < 1.29 is 13.4 Å². The molecule has 2 aliphatic rings. The number of nitrogens with zero attached hydrogens (tertiary/aromatic N) is 1. The summed E-state index contributed by atoms with van der Waals surface area (Å²) in [6.45, 7) is 10.4. The Kier molecular flexibility index (Phi) is 16.8. The summed E-state index contributed by atoms with van der Waals surface area (Å²) in [4.78, 5) is 14.4. The fourth-order valence-electron chi connectivity index (χ4n) is 3.88. The van der Waals surface area contributed by atoms with Crippen LogP contribution < -0.4 is 10.5 Å². The molecule has 2 aromatic carbocycles. The molecule has 1 unspecified atom stereocenters. The standard InChI is InChI=1S/C25H31FN2O2S.C4H9N.C4H10/c1-3-19-9-5-6-10-23(19)25(29)28(2)17-7-4-8-18-30-31-27-24(20-11-12-20)21-13-15-22(26)16-14-21;5-3-4-1-2-4;1-3-4-2/h3,5-6,9-10,13-16,20,24,27H,1,4,7-8,11-12,17-18H2,2H3;4H,1-3,5H2;3-4H2,1-2H3. The van der Waals surface area contributed by atoms with Crippen molar-refractivity contribution in [2.24, 2.45) is 17.6 Å². The van der Waals surface area contributed by atoms with Crippen LogP contribution in [0.15, 0.2) is 55.1 Å². The maximum absolute atomic E-state index is 13.2. The number of carbonyl (C=O) groups excluding carboxylic acids is 1. The van der Waals surface area contributed by atoms with E-state index in [1.54, 1.807) is 11.0 Å². The molecule has 0 radical (unpaired) electrons. The van der Waals surface area contributed by atoms with Crippen molar-refractivity contribution >= 4 is 24.2 Å². The lowest BCUT2D eigenvalue weighted by Crippen LogP contribution is -2.28.